The molecule has 0 aliphatic carbocycles. The van der Waals surface area contributed by atoms with Crippen LogP contribution in [-0.2, 0) is 6.42 Å². The van der Waals surface area contributed by atoms with E-state index in [2.05, 4.69) is 0 Å². The molecule has 0 bridgehead atoms. The van der Waals surface area contributed by atoms with Gasteiger partial charge in [-0.25, -0.2) is 0 Å². The molecule has 3 heteroatoms. The third kappa shape index (κ3) is 3.35. The number of para-hydroxylation sites is 1. The van der Waals surface area contributed by atoms with Crippen LogP contribution in [0.25, 0.3) is 0 Å². The largest absolute Gasteiger partial charge is 0.507 e. The Bertz CT molecular complexity index is 552. The van der Waals surface area contributed by atoms with Gasteiger partial charge in [0.2, 0.25) is 0 Å². The summed E-state index contributed by atoms with van der Waals surface area (Å²) in [6.45, 7) is 0.622. The van der Waals surface area contributed by atoms with Crippen molar-refractivity contribution in [3.05, 3.63) is 65.7 Å². The van der Waals surface area contributed by atoms with Crippen LogP contribution in [0.3, 0.4) is 0 Å². The molecule has 0 saturated heterocycles. The van der Waals surface area contributed by atoms with Gasteiger partial charge in [-0.15, -0.1) is 0 Å². The van der Waals surface area contributed by atoms with Gasteiger partial charge in [0.1, 0.15) is 5.75 Å². The number of phenolic OH excluding ortho intramolecular Hbond substituents is 1. The first-order valence-electron chi connectivity index (χ1n) is 6.26. The third-order valence-corrected chi connectivity index (χ3v) is 3.06. The van der Waals surface area contributed by atoms with Crippen molar-refractivity contribution in [2.45, 2.75) is 6.42 Å². The van der Waals surface area contributed by atoms with Crippen LogP contribution in [0.1, 0.15) is 15.9 Å². The van der Waals surface area contributed by atoms with Crippen molar-refractivity contribution in [3.8, 4) is 5.75 Å². The lowest BCUT2D eigenvalue weighted by Crippen LogP contribution is -2.28. The Kier molecular flexibility index (Phi) is 4.18. The summed E-state index contributed by atoms with van der Waals surface area (Å²) in [5.74, 6) is -0.131. The molecule has 0 aliphatic heterocycles. The lowest BCUT2D eigenvalue weighted by Gasteiger charge is -2.17. The van der Waals surface area contributed by atoms with Crippen molar-refractivity contribution in [2.24, 2.45) is 0 Å². The first-order chi connectivity index (χ1) is 9.18. The van der Waals surface area contributed by atoms with E-state index in [1.807, 2.05) is 30.3 Å². The highest BCUT2D eigenvalue weighted by molar-refractivity contribution is 5.96. The molecule has 0 aliphatic rings. The Morgan fingerprint density at radius 3 is 2.37 bits per heavy atom. The van der Waals surface area contributed by atoms with Gasteiger partial charge in [-0.05, 0) is 24.1 Å². The second-order valence-electron chi connectivity index (χ2n) is 4.48. The Morgan fingerprint density at radius 2 is 1.68 bits per heavy atom. The summed E-state index contributed by atoms with van der Waals surface area (Å²) in [6, 6.07) is 16.6. The number of likely N-dealkylation sites (N-methyl/N-ethyl adjacent to an activating group) is 1. The summed E-state index contributed by atoms with van der Waals surface area (Å²) < 4.78 is 0. The van der Waals surface area contributed by atoms with E-state index < -0.39 is 0 Å². The number of nitrogens with zero attached hydrogens (tertiary/aromatic N) is 1. The molecule has 0 fully saturated rings. The van der Waals surface area contributed by atoms with Gasteiger partial charge in [0.25, 0.3) is 5.91 Å². The molecule has 3 nitrogen and oxygen atoms in total. The topological polar surface area (TPSA) is 40.5 Å². The van der Waals surface area contributed by atoms with Crippen molar-refractivity contribution in [2.75, 3.05) is 13.6 Å². The fraction of sp³-hybridized carbons (Fsp3) is 0.188. The lowest BCUT2D eigenvalue weighted by molar-refractivity contribution is 0.0793. The zero-order valence-corrected chi connectivity index (χ0v) is 10.9. The van der Waals surface area contributed by atoms with Crippen molar-refractivity contribution in [1.82, 2.24) is 4.90 Å². The molecule has 2 aromatic carbocycles. The highest BCUT2D eigenvalue weighted by Gasteiger charge is 2.14. The number of amides is 1. The minimum absolute atomic E-state index is 0.0269. The van der Waals surface area contributed by atoms with Gasteiger partial charge in [-0.3, -0.25) is 4.79 Å². The standard InChI is InChI=1S/C16H17NO2/c1-17(12-11-13-7-3-2-4-8-13)16(19)14-9-5-6-10-15(14)18/h2-10,18H,11-12H2,1H3. The van der Waals surface area contributed by atoms with Crippen LogP contribution in [0.4, 0.5) is 0 Å². The number of carbonyl (C=O) groups is 1. The minimum Gasteiger partial charge on any atom is -0.507 e. The van der Waals surface area contributed by atoms with E-state index >= 15 is 0 Å². The number of aromatic hydroxyl groups is 1. The Balaban J connectivity index is 1.99. The predicted octanol–water partition coefficient (Wildman–Crippen LogP) is 2.71. The Morgan fingerprint density at radius 1 is 1.05 bits per heavy atom. The molecule has 0 atom stereocenters. The zero-order valence-electron chi connectivity index (χ0n) is 10.9. The van der Waals surface area contributed by atoms with Gasteiger partial charge in [-0.1, -0.05) is 42.5 Å². The maximum atomic E-state index is 12.2. The molecule has 0 unspecified atom stereocenters. The second kappa shape index (κ2) is 6.05. The first kappa shape index (κ1) is 13.1. The van der Waals surface area contributed by atoms with Crippen LogP contribution < -0.4 is 0 Å². The molecular formula is C16H17NO2. The quantitative estimate of drug-likeness (QED) is 0.912. The number of hydrogen-bond acceptors (Lipinski definition) is 2. The maximum Gasteiger partial charge on any atom is 0.257 e. The highest BCUT2D eigenvalue weighted by Crippen LogP contribution is 2.17. The second-order valence-corrected chi connectivity index (χ2v) is 4.48. The van der Waals surface area contributed by atoms with Crippen LogP contribution >= 0.6 is 0 Å². The third-order valence-electron chi connectivity index (χ3n) is 3.06. The molecule has 2 rings (SSSR count). The van der Waals surface area contributed by atoms with Gasteiger partial charge >= 0.3 is 0 Å². The van der Waals surface area contributed by atoms with E-state index in [9.17, 15) is 9.90 Å². The van der Waals surface area contributed by atoms with Crippen LogP contribution in [0.2, 0.25) is 0 Å². The number of rotatable bonds is 4. The molecule has 0 radical (unpaired) electrons. The van der Waals surface area contributed by atoms with Gasteiger partial charge in [-0.2, -0.15) is 0 Å². The van der Waals surface area contributed by atoms with Crippen LogP contribution in [0.5, 0.6) is 5.75 Å². The van der Waals surface area contributed by atoms with Crippen LogP contribution in [-0.4, -0.2) is 29.5 Å². The average molecular weight is 255 g/mol. The SMILES string of the molecule is CN(CCc1ccccc1)C(=O)c1ccccc1O. The molecule has 0 heterocycles. The average Bonchev–Trinajstić information content (AvgIpc) is 2.45. The van der Waals surface area contributed by atoms with Crippen molar-refractivity contribution in [3.63, 3.8) is 0 Å². The van der Waals surface area contributed by atoms with Crippen LogP contribution in [0.15, 0.2) is 54.6 Å². The van der Waals surface area contributed by atoms with E-state index in [0.717, 1.165) is 6.42 Å². The fourth-order valence-corrected chi connectivity index (χ4v) is 1.90. The number of phenols is 1. The maximum absolute atomic E-state index is 12.2. The lowest BCUT2D eigenvalue weighted by atomic mass is 10.1. The van der Waals surface area contributed by atoms with E-state index in [0.29, 0.717) is 12.1 Å². The monoisotopic (exact) mass is 255 g/mol. The number of carbonyl (C=O) groups excluding carboxylic acids is 1. The molecule has 0 spiro atoms. The van der Waals surface area contributed by atoms with Gasteiger partial charge < -0.3 is 10.0 Å². The Hall–Kier alpha value is -2.29. The first-order valence-corrected chi connectivity index (χ1v) is 6.26. The summed E-state index contributed by atoms with van der Waals surface area (Å²) >= 11 is 0. The zero-order chi connectivity index (χ0) is 13.7. The van der Waals surface area contributed by atoms with Gasteiger partial charge in [0.05, 0.1) is 5.56 Å². The summed E-state index contributed by atoms with van der Waals surface area (Å²) in [6.07, 6.45) is 0.802. The molecule has 1 N–H and O–H groups in total. The van der Waals surface area contributed by atoms with Crippen LogP contribution in [0, 0.1) is 0 Å². The highest BCUT2D eigenvalue weighted by atomic mass is 16.3. The van der Waals surface area contributed by atoms with Crippen molar-refractivity contribution < 1.29 is 9.90 Å². The molecular weight excluding hydrogens is 238 g/mol. The summed E-state index contributed by atoms with van der Waals surface area (Å²) in [7, 11) is 1.75. The molecule has 0 saturated carbocycles. The smallest absolute Gasteiger partial charge is 0.257 e. The summed E-state index contributed by atoms with van der Waals surface area (Å²) in [4.78, 5) is 13.8. The normalized spacial score (nSPS) is 10.2. The minimum atomic E-state index is -0.158. The molecule has 2 aromatic rings. The fourth-order valence-electron chi connectivity index (χ4n) is 1.90. The molecule has 0 aromatic heterocycles. The molecule has 19 heavy (non-hydrogen) atoms. The van der Waals surface area contributed by atoms with Crippen molar-refractivity contribution in [1.29, 1.82) is 0 Å². The predicted molar refractivity (Wildman–Crippen MR) is 75.2 cm³/mol. The van der Waals surface area contributed by atoms with Gasteiger partial charge in [0.15, 0.2) is 0 Å². The summed E-state index contributed by atoms with van der Waals surface area (Å²) in [5, 5.41) is 9.67. The van der Waals surface area contributed by atoms with E-state index in [1.54, 1.807) is 30.1 Å². The van der Waals surface area contributed by atoms with Crippen molar-refractivity contribution >= 4 is 5.91 Å². The van der Waals surface area contributed by atoms with E-state index in [1.165, 1.54) is 11.6 Å². The number of hydrogen-bond donors (Lipinski definition) is 1. The molecule has 98 valence electrons. The summed E-state index contributed by atoms with van der Waals surface area (Å²) in [5.41, 5.74) is 1.54. The van der Waals surface area contributed by atoms with Gasteiger partial charge in [0, 0.05) is 13.6 Å². The molecule has 1 amide bonds. The van der Waals surface area contributed by atoms with E-state index in [4.69, 9.17) is 0 Å². The van der Waals surface area contributed by atoms with E-state index in [-0.39, 0.29) is 11.7 Å². The number of benzene rings is 2. The Labute approximate surface area is 113 Å².